The van der Waals surface area contributed by atoms with Crippen molar-refractivity contribution in [2.24, 2.45) is 5.41 Å². The molecule has 7 nitrogen and oxygen atoms in total. The Bertz CT molecular complexity index is 1110. The summed E-state index contributed by atoms with van der Waals surface area (Å²) in [6.45, 7) is 2.08. The maximum Gasteiger partial charge on any atom is 0.159 e. The van der Waals surface area contributed by atoms with Gasteiger partial charge in [-0.25, -0.2) is 14.6 Å². The molecule has 28 heavy (non-hydrogen) atoms. The summed E-state index contributed by atoms with van der Waals surface area (Å²) in [7, 11) is 0. The SMILES string of the molecule is N#CC1(c2cc3c(cn2)cnn3-c2cc(N3CCCC3)ncn2)CC2(CC2)C1. The number of anilines is 1. The molecule has 0 aromatic carbocycles. The molecule has 0 amide bonds. The third kappa shape index (κ3) is 2.27. The third-order valence-electron chi connectivity index (χ3n) is 6.75. The Hall–Kier alpha value is -3.01. The van der Waals surface area contributed by atoms with E-state index in [9.17, 15) is 5.26 Å². The highest BCUT2D eigenvalue weighted by Crippen LogP contribution is 2.68. The number of nitrogens with zero attached hydrogens (tertiary/aromatic N) is 7. The van der Waals surface area contributed by atoms with Crippen LogP contribution in [-0.2, 0) is 5.41 Å². The number of hydrogen-bond donors (Lipinski definition) is 0. The average molecular weight is 371 g/mol. The normalized spacial score (nSPS) is 21.6. The van der Waals surface area contributed by atoms with Gasteiger partial charge in [0.05, 0.1) is 23.5 Å². The van der Waals surface area contributed by atoms with E-state index >= 15 is 0 Å². The van der Waals surface area contributed by atoms with Crippen LogP contribution >= 0.6 is 0 Å². The highest BCUT2D eigenvalue weighted by molar-refractivity contribution is 5.80. The Morgan fingerprint density at radius 1 is 0.964 bits per heavy atom. The lowest BCUT2D eigenvalue weighted by molar-refractivity contribution is 0.168. The number of pyridine rings is 1. The van der Waals surface area contributed by atoms with Crippen LogP contribution < -0.4 is 4.90 Å². The second kappa shape index (κ2) is 5.51. The minimum atomic E-state index is -0.438. The summed E-state index contributed by atoms with van der Waals surface area (Å²) in [5.74, 6) is 1.70. The number of rotatable bonds is 3. The van der Waals surface area contributed by atoms with E-state index in [2.05, 4.69) is 31.0 Å². The lowest BCUT2D eigenvalue weighted by atomic mass is 9.58. The third-order valence-corrected chi connectivity index (χ3v) is 6.75. The molecule has 3 aliphatic rings. The van der Waals surface area contributed by atoms with Crippen molar-refractivity contribution in [1.29, 1.82) is 5.26 Å². The van der Waals surface area contributed by atoms with Crippen LogP contribution in [0, 0.1) is 16.7 Å². The zero-order valence-electron chi connectivity index (χ0n) is 15.7. The molecule has 0 N–H and O–H groups in total. The highest BCUT2D eigenvalue weighted by atomic mass is 15.3. The van der Waals surface area contributed by atoms with Gasteiger partial charge in [-0.05, 0) is 50.0 Å². The molecule has 3 fully saturated rings. The minimum Gasteiger partial charge on any atom is -0.356 e. The largest absolute Gasteiger partial charge is 0.356 e. The first-order valence-corrected chi connectivity index (χ1v) is 10.0. The molecule has 7 heteroatoms. The second-order valence-corrected chi connectivity index (χ2v) is 8.66. The highest BCUT2D eigenvalue weighted by Gasteiger charge is 2.62. The lowest BCUT2D eigenvalue weighted by Crippen LogP contribution is -2.42. The fourth-order valence-electron chi connectivity index (χ4n) is 5.01. The maximum atomic E-state index is 9.88. The van der Waals surface area contributed by atoms with Crippen molar-refractivity contribution in [3.05, 3.63) is 36.5 Å². The summed E-state index contributed by atoms with van der Waals surface area (Å²) in [4.78, 5) is 15.8. The number of aromatic nitrogens is 5. The summed E-state index contributed by atoms with van der Waals surface area (Å²) < 4.78 is 1.85. The van der Waals surface area contributed by atoms with Crippen molar-refractivity contribution in [3.63, 3.8) is 0 Å². The summed E-state index contributed by atoms with van der Waals surface area (Å²) in [6.07, 6.45) is 12.1. The predicted molar refractivity (Wildman–Crippen MR) is 104 cm³/mol. The van der Waals surface area contributed by atoms with Gasteiger partial charge in [0.25, 0.3) is 0 Å². The molecular formula is C21H21N7. The average Bonchev–Trinajstić information content (AvgIpc) is 3.13. The molecule has 0 atom stereocenters. The van der Waals surface area contributed by atoms with Crippen LogP contribution in [0.15, 0.2) is 30.9 Å². The van der Waals surface area contributed by atoms with Gasteiger partial charge in [-0.3, -0.25) is 4.98 Å². The lowest BCUT2D eigenvalue weighted by Gasteiger charge is -2.43. The molecule has 1 saturated heterocycles. The van der Waals surface area contributed by atoms with Gasteiger partial charge < -0.3 is 4.90 Å². The molecule has 6 rings (SSSR count). The molecule has 0 unspecified atom stereocenters. The Labute approximate surface area is 163 Å². The smallest absolute Gasteiger partial charge is 0.159 e. The molecule has 1 aliphatic heterocycles. The van der Waals surface area contributed by atoms with E-state index in [1.165, 1.54) is 25.7 Å². The van der Waals surface area contributed by atoms with Crippen molar-refractivity contribution >= 4 is 16.7 Å². The fraction of sp³-hybridized carbons (Fsp3) is 0.476. The molecule has 4 heterocycles. The van der Waals surface area contributed by atoms with Crippen molar-refractivity contribution < 1.29 is 0 Å². The Morgan fingerprint density at radius 3 is 2.50 bits per heavy atom. The van der Waals surface area contributed by atoms with Crippen molar-refractivity contribution in [1.82, 2.24) is 24.7 Å². The minimum absolute atomic E-state index is 0.434. The topological polar surface area (TPSA) is 83.5 Å². The summed E-state index contributed by atoms with van der Waals surface area (Å²) in [5.41, 5.74) is 1.81. The van der Waals surface area contributed by atoms with E-state index in [0.29, 0.717) is 5.41 Å². The van der Waals surface area contributed by atoms with Crippen LogP contribution in [-0.4, -0.2) is 37.8 Å². The molecule has 3 aromatic heterocycles. The number of hydrogen-bond acceptors (Lipinski definition) is 6. The van der Waals surface area contributed by atoms with Crippen LogP contribution in [0.3, 0.4) is 0 Å². The molecule has 0 radical (unpaired) electrons. The van der Waals surface area contributed by atoms with Gasteiger partial charge in [0.15, 0.2) is 5.82 Å². The maximum absolute atomic E-state index is 9.88. The molecule has 2 aliphatic carbocycles. The van der Waals surface area contributed by atoms with E-state index in [0.717, 1.165) is 54.2 Å². The van der Waals surface area contributed by atoms with E-state index in [1.54, 1.807) is 6.33 Å². The number of nitriles is 1. The van der Waals surface area contributed by atoms with Crippen molar-refractivity contribution in [3.8, 4) is 11.9 Å². The molecule has 1 spiro atoms. The van der Waals surface area contributed by atoms with Crippen LogP contribution in [0.25, 0.3) is 16.7 Å². The van der Waals surface area contributed by atoms with Crippen molar-refractivity contribution in [2.45, 2.75) is 43.9 Å². The van der Waals surface area contributed by atoms with Gasteiger partial charge in [0.2, 0.25) is 0 Å². The Kier molecular flexibility index (Phi) is 3.14. The first-order chi connectivity index (χ1) is 13.7. The quantitative estimate of drug-likeness (QED) is 0.703. The van der Waals surface area contributed by atoms with E-state index in [-0.39, 0.29) is 0 Å². The van der Waals surface area contributed by atoms with E-state index < -0.39 is 5.41 Å². The first-order valence-electron chi connectivity index (χ1n) is 10.0. The van der Waals surface area contributed by atoms with Crippen LogP contribution in [0.5, 0.6) is 0 Å². The summed E-state index contributed by atoms with van der Waals surface area (Å²) in [5, 5.41) is 15.4. The fourth-order valence-corrected chi connectivity index (χ4v) is 5.01. The molecule has 3 aromatic rings. The molecule has 140 valence electrons. The van der Waals surface area contributed by atoms with Gasteiger partial charge in [0.1, 0.15) is 17.6 Å². The van der Waals surface area contributed by atoms with Gasteiger partial charge >= 0.3 is 0 Å². The van der Waals surface area contributed by atoms with E-state index in [4.69, 9.17) is 0 Å². The molecular weight excluding hydrogens is 350 g/mol. The Balaban J connectivity index is 1.41. The van der Waals surface area contributed by atoms with Crippen LogP contribution in [0.1, 0.15) is 44.2 Å². The first kappa shape index (κ1) is 16.0. The van der Waals surface area contributed by atoms with Gasteiger partial charge in [-0.1, -0.05) is 0 Å². The summed E-state index contributed by atoms with van der Waals surface area (Å²) >= 11 is 0. The van der Waals surface area contributed by atoms with Crippen LogP contribution in [0.2, 0.25) is 0 Å². The number of fused-ring (bicyclic) bond motifs is 1. The van der Waals surface area contributed by atoms with E-state index in [1.807, 2.05) is 29.2 Å². The zero-order chi connectivity index (χ0) is 18.8. The predicted octanol–water partition coefficient (Wildman–Crippen LogP) is 3.15. The van der Waals surface area contributed by atoms with Crippen LogP contribution in [0.4, 0.5) is 5.82 Å². The summed E-state index contributed by atoms with van der Waals surface area (Å²) in [6, 6.07) is 6.61. The van der Waals surface area contributed by atoms with Gasteiger partial charge in [-0.15, -0.1) is 0 Å². The second-order valence-electron chi connectivity index (χ2n) is 8.66. The zero-order valence-corrected chi connectivity index (χ0v) is 15.7. The molecule has 2 saturated carbocycles. The van der Waals surface area contributed by atoms with Gasteiger partial charge in [0, 0.05) is 30.7 Å². The Morgan fingerprint density at radius 2 is 1.75 bits per heavy atom. The standard InChI is InChI=1S/C21H21N7/c22-13-21(11-20(12-21)3-4-20)17-7-16-15(9-23-17)10-26-28(16)19-8-18(24-14-25-19)27-5-1-2-6-27/h7-10,14H,1-6,11-12H2. The molecule has 0 bridgehead atoms. The van der Waals surface area contributed by atoms with Gasteiger partial charge in [-0.2, -0.15) is 10.4 Å². The monoisotopic (exact) mass is 371 g/mol. The van der Waals surface area contributed by atoms with Crippen molar-refractivity contribution in [2.75, 3.05) is 18.0 Å².